The normalized spacial score (nSPS) is 16.6. The molecule has 0 bridgehead atoms. The van der Waals surface area contributed by atoms with Crippen LogP contribution in [0.25, 0.3) is 0 Å². The Hall–Kier alpha value is -1.96. The first kappa shape index (κ1) is 20.8. The molecular formula is C21H26BrFN4O. The monoisotopic (exact) mass is 448 g/mol. The average Bonchev–Trinajstić information content (AvgIpc) is 2.73. The van der Waals surface area contributed by atoms with Crippen molar-refractivity contribution in [1.82, 2.24) is 15.5 Å². The second kappa shape index (κ2) is 10.5. The zero-order valence-corrected chi connectivity index (χ0v) is 17.6. The van der Waals surface area contributed by atoms with Gasteiger partial charge in [0, 0.05) is 37.7 Å². The van der Waals surface area contributed by atoms with Gasteiger partial charge in [0.15, 0.2) is 5.96 Å². The van der Waals surface area contributed by atoms with Crippen molar-refractivity contribution in [2.24, 2.45) is 4.99 Å². The number of guanidine groups is 1. The molecule has 0 spiro atoms. The molecule has 28 heavy (non-hydrogen) atoms. The topological polar surface area (TPSA) is 48.9 Å². The fourth-order valence-corrected chi connectivity index (χ4v) is 3.50. The van der Waals surface area contributed by atoms with E-state index in [1.54, 1.807) is 7.05 Å². The lowest BCUT2D eigenvalue weighted by molar-refractivity contribution is 0.0170. The molecule has 1 unspecified atom stereocenters. The van der Waals surface area contributed by atoms with Gasteiger partial charge in [-0.15, -0.1) is 0 Å². The molecule has 0 radical (unpaired) electrons. The third-order valence-corrected chi connectivity index (χ3v) is 5.33. The van der Waals surface area contributed by atoms with Gasteiger partial charge in [-0.2, -0.15) is 0 Å². The summed E-state index contributed by atoms with van der Waals surface area (Å²) in [4.78, 5) is 6.69. The van der Waals surface area contributed by atoms with E-state index in [0.717, 1.165) is 29.1 Å². The van der Waals surface area contributed by atoms with Crippen molar-refractivity contribution in [3.63, 3.8) is 0 Å². The lowest BCUT2D eigenvalue weighted by atomic mass is 10.0. The molecule has 0 aliphatic carbocycles. The summed E-state index contributed by atoms with van der Waals surface area (Å²) >= 11 is 3.45. The Morgan fingerprint density at radius 2 is 1.79 bits per heavy atom. The molecular weight excluding hydrogens is 423 g/mol. The van der Waals surface area contributed by atoms with Crippen molar-refractivity contribution in [3.05, 3.63) is 69.9 Å². The van der Waals surface area contributed by atoms with Crippen LogP contribution in [0.4, 0.5) is 4.39 Å². The summed E-state index contributed by atoms with van der Waals surface area (Å²) < 4.78 is 19.9. The maximum atomic E-state index is 13.4. The van der Waals surface area contributed by atoms with Crippen molar-refractivity contribution in [2.75, 3.05) is 39.9 Å². The van der Waals surface area contributed by atoms with Crippen LogP contribution in [0.3, 0.4) is 0 Å². The van der Waals surface area contributed by atoms with Crippen LogP contribution in [0.2, 0.25) is 0 Å². The minimum absolute atomic E-state index is 0.121. The molecule has 0 amide bonds. The van der Waals surface area contributed by atoms with E-state index in [2.05, 4.69) is 48.6 Å². The van der Waals surface area contributed by atoms with Gasteiger partial charge in [-0.3, -0.25) is 9.89 Å². The van der Waals surface area contributed by atoms with E-state index in [0.29, 0.717) is 26.3 Å². The molecule has 1 atom stereocenters. The number of aliphatic imine (C=N–C) groups is 1. The lowest BCUT2D eigenvalue weighted by Gasteiger charge is -2.35. The molecule has 7 heteroatoms. The molecule has 2 aromatic carbocycles. The van der Waals surface area contributed by atoms with Crippen LogP contribution in [0.1, 0.15) is 17.2 Å². The van der Waals surface area contributed by atoms with E-state index in [1.807, 2.05) is 24.3 Å². The molecule has 1 heterocycles. The first-order chi connectivity index (χ1) is 13.7. The van der Waals surface area contributed by atoms with E-state index in [1.165, 1.54) is 17.7 Å². The van der Waals surface area contributed by atoms with Crippen LogP contribution >= 0.6 is 15.9 Å². The van der Waals surface area contributed by atoms with E-state index in [4.69, 9.17) is 4.74 Å². The predicted octanol–water partition coefficient (Wildman–Crippen LogP) is 3.33. The summed E-state index contributed by atoms with van der Waals surface area (Å²) in [6.07, 6.45) is 0. The summed E-state index contributed by atoms with van der Waals surface area (Å²) in [5, 5.41) is 6.76. The first-order valence-corrected chi connectivity index (χ1v) is 10.2. The SMILES string of the molecule is CN=C(NCc1ccc(Br)cc1)NCC(c1ccc(F)cc1)N1CCOCC1. The number of hydrogen-bond donors (Lipinski definition) is 2. The first-order valence-electron chi connectivity index (χ1n) is 9.42. The number of benzene rings is 2. The molecule has 150 valence electrons. The highest BCUT2D eigenvalue weighted by atomic mass is 79.9. The van der Waals surface area contributed by atoms with Gasteiger partial charge in [-0.1, -0.05) is 40.2 Å². The molecule has 0 aromatic heterocycles. The van der Waals surface area contributed by atoms with Gasteiger partial charge in [-0.25, -0.2) is 4.39 Å². The van der Waals surface area contributed by atoms with Gasteiger partial charge in [0.2, 0.25) is 0 Å². The number of ether oxygens (including phenoxy) is 1. The zero-order chi connectivity index (χ0) is 19.8. The summed E-state index contributed by atoms with van der Waals surface area (Å²) in [5.41, 5.74) is 2.26. The van der Waals surface area contributed by atoms with Crippen molar-refractivity contribution < 1.29 is 9.13 Å². The summed E-state index contributed by atoms with van der Waals surface area (Å²) in [6, 6.07) is 15.1. The van der Waals surface area contributed by atoms with Gasteiger partial charge in [0.1, 0.15) is 5.82 Å². The number of halogens is 2. The fourth-order valence-electron chi connectivity index (χ4n) is 3.23. The largest absolute Gasteiger partial charge is 0.379 e. The third-order valence-electron chi connectivity index (χ3n) is 4.80. The van der Waals surface area contributed by atoms with Crippen LogP contribution in [0.5, 0.6) is 0 Å². The number of hydrogen-bond acceptors (Lipinski definition) is 3. The Bertz CT molecular complexity index is 761. The summed E-state index contributed by atoms with van der Waals surface area (Å²) in [5.74, 6) is 0.521. The Balaban J connectivity index is 1.62. The average molecular weight is 449 g/mol. The van der Waals surface area contributed by atoms with E-state index < -0.39 is 0 Å². The van der Waals surface area contributed by atoms with Gasteiger partial charge in [-0.05, 0) is 35.4 Å². The fraction of sp³-hybridized carbons (Fsp3) is 0.381. The third kappa shape index (κ3) is 6.02. The van der Waals surface area contributed by atoms with Crippen molar-refractivity contribution in [1.29, 1.82) is 0 Å². The molecule has 2 aromatic rings. The van der Waals surface area contributed by atoms with Crippen LogP contribution in [0.15, 0.2) is 58.0 Å². The standard InChI is InChI=1S/C21H26BrFN4O/c1-24-21(25-14-16-2-6-18(22)7-3-16)26-15-20(27-10-12-28-13-11-27)17-4-8-19(23)9-5-17/h2-9,20H,10-15H2,1H3,(H2,24,25,26). The van der Waals surface area contributed by atoms with Crippen LogP contribution < -0.4 is 10.6 Å². The van der Waals surface area contributed by atoms with E-state index >= 15 is 0 Å². The minimum atomic E-state index is -0.218. The Kier molecular flexibility index (Phi) is 7.82. The maximum absolute atomic E-state index is 13.4. The molecule has 2 N–H and O–H groups in total. The molecule has 5 nitrogen and oxygen atoms in total. The minimum Gasteiger partial charge on any atom is -0.379 e. The second-order valence-corrected chi connectivity index (χ2v) is 7.56. The quantitative estimate of drug-likeness (QED) is 0.525. The van der Waals surface area contributed by atoms with Crippen molar-refractivity contribution >= 4 is 21.9 Å². The number of morpholine rings is 1. The number of nitrogens with zero attached hydrogens (tertiary/aromatic N) is 2. The van der Waals surface area contributed by atoms with Crippen LogP contribution in [-0.2, 0) is 11.3 Å². The van der Waals surface area contributed by atoms with E-state index in [9.17, 15) is 4.39 Å². The molecule has 1 saturated heterocycles. The van der Waals surface area contributed by atoms with Gasteiger partial charge >= 0.3 is 0 Å². The molecule has 1 aliphatic rings. The van der Waals surface area contributed by atoms with Crippen LogP contribution in [0, 0.1) is 5.82 Å². The second-order valence-electron chi connectivity index (χ2n) is 6.65. The summed E-state index contributed by atoms with van der Waals surface area (Å²) in [7, 11) is 1.76. The molecule has 1 aliphatic heterocycles. The maximum Gasteiger partial charge on any atom is 0.191 e. The number of nitrogens with one attached hydrogen (secondary N) is 2. The van der Waals surface area contributed by atoms with Crippen LogP contribution in [-0.4, -0.2) is 50.8 Å². The highest BCUT2D eigenvalue weighted by Crippen LogP contribution is 2.21. The highest BCUT2D eigenvalue weighted by molar-refractivity contribution is 9.10. The predicted molar refractivity (Wildman–Crippen MR) is 114 cm³/mol. The number of rotatable bonds is 6. The Morgan fingerprint density at radius 1 is 1.11 bits per heavy atom. The van der Waals surface area contributed by atoms with Crippen molar-refractivity contribution in [2.45, 2.75) is 12.6 Å². The van der Waals surface area contributed by atoms with Gasteiger partial charge in [0.05, 0.1) is 19.3 Å². The molecule has 0 saturated carbocycles. The smallest absolute Gasteiger partial charge is 0.191 e. The van der Waals surface area contributed by atoms with Crippen molar-refractivity contribution in [3.8, 4) is 0 Å². The molecule has 3 rings (SSSR count). The Morgan fingerprint density at radius 3 is 2.43 bits per heavy atom. The zero-order valence-electron chi connectivity index (χ0n) is 16.0. The molecule has 1 fully saturated rings. The van der Waals surface area contributed by atoms with Gasteiger partial charge in [0.25, 0.3) is 0 Å². The summed E-state index contributed by atoms with van der Waals surface area (Å²) in [6.45, 7) is 4.50. The lowest BCUT2D eigenvalue weighted by Crippen LogP contribution is -2.46. The van der Waals surface area contributed by atoms with Gasteiger partial charge < -0.3 is 15.4 Å². The van der Waals surface area contributed by atoms with E-state index in [-0.39, 0.29) is 11.9 Å². The highest BCUT2D eigenvalue weighted by Gasteiger charge is 2.23. The Labute approximate surface area is 174 Å².